The van der Waals surface area contributed by atoms with Gasteiger partial charge in [0.2, 0.25) is 5.91 Å². The monoisotopic (exact) mass is 464 g/mol. The molecule has 0 atom stereocenters. The number of anilines is 1. The molecule has 0 aliphatic carbocycles. The zero-order valence-electron chi connectivity index (χ0n) is 15.6. The molecule has 0 aliphatic heterocycles. The summed E-state index contributed by atoms with van der Waals surface area (Å²) in [7, 11) is 1.61. The van der Waals surface area contributed by atoms with Gasteiger partial charge in [-0.2, -0.15) is 0 Å². The number of nitrogens with zero attached hydrogens (tertiary/aromatic N) is 1. The molecular formula is C23H17BrN2O2S. The van der Waals surface area contributed by atoms with Gasteiger partial charge in [-0.3, -0.25) is 4.79 Å². The number of amides is 1. The van der Waals surface area contributed by atoms with Gasteiger partial charge in [0.05, 0.1) is 23.0 Å². The molecule has 1 aromatic heterocycles. The Morgan fingerprint density at radius 1 is 1.10 bits per heavy atom. The summed E-state index contributed by atoms with van der Waals surface area (Å²) in [5, 5.41) is 3.84. The van der Waals surface area contributed by atoms with E-state index < -0.39 is 0 Å². The van der Waals surface area contributed by atoms with E-state index in [1.165, 1.54) is 6.08 Å². The van der Waals surface area contributed by atoms with Gasteiger partial charge in [0, 0.05) is 21.7 Å². The summed E-state index contributed by atoms with van der Waals surface area (Å²) < 4.78 is 7.38. The van der Waals surface area contributed by atoms with E-state index in [2.05, 4.69) is 21.2 Å². The van der Waals surface area contributed by atoms with Crippen LogP contribution in [0.15, 0.2) is 77.3 Å². The molecule has 0 saturated carbocycles. The molecule has 0 bridgehead atoms. The van der Waals surface area contributed by atoms with Crippen molar-refractivity contribution < 1.29 is 9.53 Å². The van der Waals surface area contributed by atoms with Crippen molar-refractivity contribution in [2.75, 3.05) is 12.4 Å². The van der Waals surface area contributed by atoms with Gasteiger partial charge >= 0.3 is 0 Å². The number of benzene rings is 3. The fraction of sp³-hybridized carbons (Fsp3) is 0.0435. The summed E-state index contributed by atoms with van der Waals surface area (Å²) in [6.45, 7) is 0. The van der Waals surface area contributed by atoms with Crippen molar-refractivity contribution in [3.8, 4) is 16.3 Å². The number of aromatic nitrogens is 1. The summed E-state index contributed by atoms with van der Waals surface area (Å²) in [6.07, 6.45) is 3.23. The van der Waals surface area contributed by atoms with Crippen molar-refractivity contribution in [3.05, 3.63) is 82.8 Å². The molecule has 1 amide bonds. The highest BCUT2D eigenvalue weighted by Crippen LogP contribution is 2.34. The average molecular weight is 465 g/mol. The molecular weight excluding hydrogens is 448 g/mol. The summed E-state index contributed by atoms with van der Waals surface area (Å²) in [5.41, 5.74) is 3.39. The molecule has 4 rings (SSSR count). The lowest BCUT2D eigenvalue weighted by molar-refractivity contribution is -0.111. The van der Waals surface area contributed by atoms with Gasteiger partial charge in [-0.05, 0) is 48.5 Å². The highest BCUT2D eigenvalue weighted by atomic mass is 79.9. The third-order valence-electron chi connectivity index (χ3n) is 4.32. The molecule has 4 nitrogen and oxygen atoms in total. The van der Waals surface area contributed by atoms with Crippen molar-refractivity contribution >= 4 is 55.2 Å². The zero-order valence-corrected chi connectivity index (χ0v) is 18.0. The van der Waals surface area contributed by atoms with E-state index in [9.17, 15) is 4.79 Å². The molecule has 0 saturated heterocycles. The van der Waals surface area contributed by atoms with E-state index in [0.717, 1.165) is 36.5 Å². The Morgan fingerprint density at radius 2 is 1.90 bits per heavy atom. The number of carbonyl (C=O) groups is 1. The van der Waals surface area contributed by atoms with Crippen LogP contribution in [-0.4, -0.2) is 18.0 Å². The predicted octanol–water partition coefficient (Wildman–Crippen LogP) is 6.39. The molecule has 144 valence electrons. The largest absolute Gasteiger partial charge is 0.496 e. The minimum Gasteiger partial charge on any atom is -0.496 e. The second kappa shape index (κ2) is 8.59. The predicted molar refractivity (Wildman–Crippen MR) is 123 cm³/mol. The van der Waals surface area contributed by atoms with Gasteiger partial charge in [-0.1, -0.05) is 40.2 Å². The maximum Gasteiger partial charge on any atom is 0.248 e. The van der Waals surface area contributed by atoms with Crippen LogP contribution in [0.4, 0.5) is 5.69 Å². The molecule has 1 heterocycles. The Hall–Kier alpha value is -2.96. The minimum atomic E-state index is -0.222. The Labute approximate surface area is 181 Å². The van der Waals surface area contributed by atoms with E-state index in [4.69, 9.17) is 9.72 Å². The lowest BCUT2D eigenvalue weighted by Crippen LogP contribution is -2.08. The number of hydrogen-bond acceptors (Lipinski definition) is 4. The number of thiazole rings is 1. The highest BCUT2D eigenvalue weighted by molar-refractivity contribution is 9.10. The van der Waals surface area contributed by atoms with Crippen LogP contribution in [0.2, 0.25) is 0 Å². The van der Waals surface area contributed by atoms with Crippen molar-refractivity contribution in [2.45, 2.75) is 0 Å². The van der Waals surface area contributed by atoms with Gasteiger partial charge in [0.15, 0.2) is 0 Å². The Bertz CT molecular complexity index is 1180. The average Bonchev–Trinajstić information content (AvgIpc) is 3.17. The molecule has 0 radical (unpaired) electrons. The molecule has 1 N–H and O–H groups in total. The van der Waals surface area contributed by atoms with Crippen molar-refractivity contribution in [2.24, 2.45) is 0 Å². The van der Waals surface area contributed by atoms with Crippen LogP contribution in [0.3, 0.4) is 0 Å². The molecule has 4 aromatic rings. The van der Waals surface area contributed by atoms with Gasteiger partial charge < -0.3 is 10.1 Å². The van der Waals surface area contributed by atoms with E-state index >= 15 is 0 Å². The zero-order chi connectivity index (χ0) is 20.2. The fourth-order valence-corrected chi connectivity index (χ4v) is 4.33. The number of fused-ring (bicyclic) bond motifs is 1. The van der Waals surface area contributed by atoms with Crippen LogP contribution >= 0.6 is 27.3 Å². The number of ether oxygens (including phenoxy) is 1. The Morgan fingerprint density at radius 3 is 2.72 bits per heavy atom. The summed E-state index contributed by atoms with van der Waals surface area (Å²) in [6, 6.07) is 21.3. The third-order valence-corrected chi connectivity index (χ3v) is 5.88. The lowest BCUT2D eigenvalue weighted by atomic mass is 10.1. The maximum absolute atomic E-state index is 12.6. The number of carbonyl (C=O) groups excluding carboxylic acids is 1. The van der Waals surface area contributed by atoms with Gasteiger partial charge in [0.1, 0.15) is 10.8 Å². The van der Waals surface area contributed by atoms with Gasteiger partial charge in [-0.25, -0.2) is 4.98 Å². The number of nitrogens with one attached hydrogen (secondary N) is 1. The van der Waals surface area contributed by atoms with E-state index in [1.54, 1.807) is 24.5 Å². The standard InChI is InChI=1S/C23H17BrN2O2S/c1-28-20-12-11-16(24)14-15(20)10-13-22(27)25-18-7-3-2-6-17(18)23-26-19-8-4-5-9-21(19)29-23/h2-14H,1H3,(H,25,27). The lowest BCUT2D eigenvalue weighted by Gasteiger charge is -2.08. The molecule has 6 heteroatoms. The number of halogens is 1. The normalized spacial score (nSPS) is 11.1. The number of methoxy groups -OCH3 is 1. The smallest absolute Gasteiger partial charge is 0.248 e. The fourth-order valence-electron chi connectivity index (χ4n) is 2.94. The van der Waals surface area contributed by atoms with E-state index in [1.807, 2.05) is 66.7 Å². The van der Waals surface area contributed by atoms with Crippen molar-refractivity contribution in [3.63, 3.8) is 0 Å². The first-order valence-corrected chi connectivity index (χ1v) is 10.5. The topological polar surface area (TPSA) is 51.2 Å². The number of para-hydroxylation sites is 2. The van der Waals surface area contributed by atoms with Crippen LogP contribution in [0.1, 0.15) is 5.56 Å². The molecule has 3 aromatic carbocycles. The summed E-state index contributed by atoms with van der Waals surface area (Å²) in [5.74, 6) is 0.479. The first kappa shape index (κ1) is 19.4. The Kier molecular flexibility index (Phi) is 5.74. The van der Waals surface area contributed by atoms with Crippen LogP contribution in [0.25, 0.3) is 26.9 Å². The SMILES string of the molecule is COc1ccc(Br)cc1C=CC(=O)Nc1ccccc1-c1nc2ccccc2s1. The quantitative estimate of drug-likeness (QED) is 0.348. The van der Waals surface area contributed by atoms with Crippen LogP contribution in [0, 0.1) is 0 Å². The molecule has 0 aliphatic rings. The van der Waals surface area contributed by atoms with Crippen LogP contribution in [-0.2, 0) is 4.79 Å². The van der Waals surface area contributed by atoms with Crippen molar-refractivity contribution in [1.82, 2.24) is 4.98 Å². The molecule has 0 spiro atoms. The third kappa shape index (κ3) is 4.39. The van der Waals surface area contributed by atoms with Gasteiger partial charge in [-0.15, -0.1) is 11.3 Å². The van der Waals surface area contributed by atoms with E-state index in [0.29, 0.717) is 5.75 Å². The maximum atomic E-state index is 12.6. The van der Waals surface area contributed by atoms with Crippen LogP contribution in [0.5, 0.6) is 5.75 Å². The van der Waals surface area contributed by atoms with Gasteiger partial charge in [0.25, 0.3) is 0 Å². The minimum absolute atomic E-state index is 0.222. The molecule has 0 unspecified atom stereocenters. The van der Waals surface area contributed by atoms with Crippen molar-refractivity contribution in [1.29, 1.82) is 0 Å². The second-order valence-corrected chi connectivity index (χ2v) is 8.19. The first-order valence-electron chi connectivity index (χ1n) is 8.91. The first-order chi connectivity index (χ1) is 14.1. The summed E-state index contributed by atoms with van der Waals surface area (Å²) >= 11 is 5.05. The van der Waals surface area contributed by atoms with E-state index in [-0.39, 0.29) is 5.91 Å². The Balaban J connectivity index is 1.59. The molecule has 29 heavy (non-hydrogen) atoms. The number of hydrogen-bond donors (Lipinski definition) is 1. The summed E-state index contributed by atoms with van der Waals surface area (Å²) in [4.78, 5) is 17.3. The number of rotatable bonds is 5. The van der Waals surface area contributed by atoms with Crippen LogP contribution < -0.4 is 10.1 Å². The highest BCUT2D eigenvalue weighted by Gasteiger charge is 2.11. The second-order valence-electron chi connectivity index (χ2n) is 6.24. The molecule has 0 fully saturated rings.